The van der Waals surface area contributed by atoms with E-state index in [-0.39, 0.29) is 5.92 Å². The van der Waals surface area contributed by atoms with Crippen LogP contribution in [-0.4, -0.2) is 35.1 Å². The van der Waals surface area contributed by atoms with Crippen molar-refractivity contribution in [2.45, 2.75) is 26.5 Å². The second-order valence-corrected chi connectivity index (χ2v) is 5.54. The molecule has 0 aromatic carbocycles. The molecular weight excluding hydrogens is 298 g/mol. The van der Waals surface area contributed by atoms with Crippen LogP contribution in [0.25, 0.3) is 0 Å². The van der Waals surface area contributed by atoms with Crippen LogP contribution in [0, 0.1) is 11.8 Å². The van der Waals surface area contributed by atoms with Crippen molar-refractivity contribution in [3.05, 3.63) is 16.4 Å². The molecule has 1 aromatic heterocycles. The summed E-state index contributed by atoms with van der Waals surface area (Å²) in [6.45, 7) is 5.74. The summed E-state index contributed by atoms with van der Waals surface area (Å²) in [4.78, 5) is 0. The van der Waals surface area contributed by atoms with Gasteiger partial charge in [-0.25, -0.2) is 0 Å². The van der Waals surface area contributed by atoms with Gasteiger partial charge in [0.2, 0.25) is 0 Å². The first-order valence-electron chi connectivity index (χ1n) is 6.11. The van der Waals surface area contributed by atoms with Gasteiger partial charge in [0.15, 0.2) is 0 Å². The van der Waals surface area contributed by atoms with E-state index in [0.717, 1.165) is 10.2 Å². The quantitative estimate of drug-likeness (QED) is 0.799. The SMILES string of the molecule is COCCn1ncc(Br)c1C(O)C(CN)C(C)C. The highest BCUT2D eigenvalue weighted by Crippen LogP contribution is 2.31. The summed E-state index contributed by atoms with van der Waals surface area (Å²) in [5.74, 6) is 0.321. The minimum absolute atomic E-state index is 0.0132. The number of nitrogens with zero attached hydrogens (tertiary/aromatic N) is 2. The highest BCUT2D eigenvalue weighted by molar-refractivity contribution is 9.10. The number of rotatable bonds is 7. The normalized spacial score (nSPS) is 15.1. The number of hydrogen-bond acceptors (Lipinski definition) is 4. The Balaban J connectivity index is 2.95. The van der Waals surface area contributed by atoms with Gasteiger partial charge in [0.05, 0.1) is 29.5 Å². The molecular formula is C12H22BrN3O2. The third kappa shape index (κ3) is 3.54. The molecule has 0 aliphatic rings. The maximum absolute atomic E-state index is 10.5. The predicted molar refractivity (Wildman–Crippen MR) is 74.1 cm³/mol. The maximum atomic E-state index is 10.5. The molecule has 0 amide bonds. The topological polar surface area (TPSA) is 73.3 Å². The fraction of sp³-hybridized carbons (Fsp3) is 0.750. The van der Waals surface area contributed by atoms with E-state index in [9.17, 15) is 5.11 Å². The van der Waals surface area contributed by atoms with Crippen molar-refractivity contribution in [2.75, 3.05) is 20.3 Å². The molecule has 0 bridgehead atoms. The van der Waals surface area contributed by atoms with Gasteiger partial charge < -0.3 is 15.6 Å². The molecule has 0 aliphatic heterocycles. The van der Waals surface area contributed by atoms with E-state index in [4.69, 9.17) is 10.5 Å². The molecule has 1 rings (SSSR count). The summed E-state index contributed by atoms with van der Waals surface area (Å²) in [6, 6.07) is 0. The Morgan fingerprint density at radius 3 is 2.72 bits per heavy atom. The number of aliphatic hydroxyl groups is 1. The number of hydrogen-bond donors (Lipinski definition) is 2. The van der Waals surface area contributed by atoms with Crippen LogP contribution in [0.5, 0.6) is 0 Å². The third-order valence-electron chi connectivity index (χ3n) is 3.15. The minimum Gasteiger partial charge on any atom is -0.386 e. The van der Waals surface area contributed by atoms with Crippen molar-refractivity contribution in [2.24, 2.45) is 17.6 Å². The van der Waals surface area contributed by atoms with Crippen molar-refractivity contribution in [3.8, 4) is 0 Å². The van der Waals surface area contributed by atoms with Gasteiger partial charge in [0, 0.05) is 13.0 Å². The van der Waals surface area contributed by atoms with E-state index < -0.39 is 6.10 Å². The zero-order chi connectivity index (χ0) is 13.7. The Morgan fingerprint density at radius 1 is 1.56 bits per heavy atom. The van der Waals surface area contributed by atoms with E-state index in [1.165, 1.54) is 0 Å². The van der Waals surface area contributed by atoms with Crippen LogP contribution >= 0.6 is 15.9 Å². The molecule has 0 spiro atoms. The molecule has 0 radical (unpaired) electrons. The van der Waals surface area contributed by atoms with Crippen LogP contribution in [0.1, 0.15) is 25.6 Å². The molecule has 1 heterocycles. The van der Waals surface area contributed by atoms with Crippen LogP contribution in [0.2, 0.25) is 0 Å². The molecule has 0 saturated carbocycles. The molecule has 0 saturated heterocycles. The van der Waals surface area contributed by atoms with Crippen LogP contribution in [0.4, 0.5) is 0 Å². The summed E-state index contributed by atoms with van der Waals surface area (Å²) in [7, 11) is 1.64. The van der Waals surface area contributed by atoms with Gasteiger partial charge in [-0.3, -0.25) is 4.68 Å². The van der Waals surface area contributed by atoms with Crippen LogP contribution in [-0.2, 0) is 11.3 Å². The fourth-order valence-electron chi connectivity index (χ4n) is 1.99. The lowest BCUT2D eigenvalue weighted by molar-refractivity contribution is 0.0750. The van der Waals surface area contributed by atoms with Crippen molar-refractivity contribution >= 4 is 15.9 Å². The number of nitrogens with two attached hydrogens (primary N) is 1. The van der Waals surface area contributed by atoms with E-state index in [2.05, 4.69) is 34.9 Å². The summed E-state index contributed by atoms with van der Waals surface area (Å²) in [6.07, 6.45) is 1.07. The first kappa shape index (κ1) is 15.6. The molecule has 0 fully saturated rings. The molecule has 3 N–H and O–H groups in total. The Kier molecular flexibility index (Phi) is 6.28. The first-order chi connectivity index (χ1) is 8.52. The highest BCUT2D eigenvalue weighted by atomic mass is 79.9. The number of halogens is 1. The molecule has 0 aliphatic carbocycles. The standard InChI is InChI=1S/C12H22BrN3O2/c1-8(2)9(6-14)12(17)11-10(13)7-15-16(11)4-5-18-3/h7-9,12,17H,4-6,14H2,1-3H3. The number of aromatic nitrogens is 2. The zero-order valence-electron chi connectivity index (χ0n) is 11.1. The molecule has 104 valence electrons. The summed E-state index contributed by atoms with van der Waals surface area (Å²) in [5, 5.41) is 14.7. The first-order valence-corrected chi connectivity index (χ1v) is 6.90. The monoisotopic (exact) mass is 319 g/mol. The second kappa shape index (κ2) is 7.23. The van der Waals surface area contributed by atoms with Crippen LogP contribution < -0.4 is 5.73 Å². The summed E-state index contributed by atoms with van der Waals surface area (Å²) in [5.41, 5.74) is 6.53. The van der Waals surface area contributed by atoms with Crippen molar-refractivity contribution < 1.29 is 9.84 Å². The molecule has 6 heteroatoms. The highest BCUT2D eigenvalue weighted by Gasteiger charge is 2.27. The molecule has 5 nitrogen and oxygen atoms in total. The summed E-state index contributed by atoms with van der Waals surface area (Å²) >= 11 is 3.43. The van der Waals surface area contributed by atoms with Gasteiger partial charge in [-0.15, -0.1) is 0 Å². The Hall–Kier alpha value is -0.430. The van der Waals surface area contributed by atoms with E-state index in [0.29, 0.717) is 25.6 Å². The molecule has 2 atom stereocenters. The molecule has 2 unspecified atom stereocenters. The van der Waals surface area contributed by atoms with E-state index in [1.807, 2.05) is 0 Å². The predicted octanol–water partition coefficient (Wildman–Crippen LogP) is 1.56. The average molecular weight is 320 g/mol. The zero-order valence-corrected chi connectivity index (χ0v) is 12.7. The number of aliphatic hydroxyl groups excluding tert-OH is 1. The van der Waals surface area contributed by atoms with Crippen molar-refractivity contribution in [3.63, 3.8) is 0 Å². The Bertz CT molecular complexity index is 368. The van der Waals surface area contributed by atoms with Gasteiger partial charge in [0.25, 0.3) is 0 Å². The Morgan fingerprint density at radius 2 is 2.22 bits per heavy atom. The van der Waals surface area contributed by atoms with Crippen molar-refractivity contribution in [1.82, 2.24) is 9.78 Å². The van der Waals surface area contributed by atoms with Crippen LogP contribution in [0.15, 0.2) is 10.7 Å². The van der Waals surface area contributed by atoms with Gasteiger partial charge in [-0.1, -0.05) is 13.8 Å². The smallest absolute Gasteiger partial charge is 0.101 e. The van der Waals surface area contributed by atoms with E-state index in [1.54, 1.807) is 18.0 Å². The number of methoxy groups -OCH3 is 1. The third-order valence-corrected chi connectivity index (χ3v) is 3.77. The van der Waals surface area contributed by atoms with Crippen molar-refractivity contribution in [1.29, 1.82) is 0 Å². The maximum Gasteiger partial charge on any atom is 0.101 e. The number of ether oxygens (including phenoxy) is 1. The second-order valence-electron chi connectivity index (χ2n) is 4.68. The largest absolute Gasteiger partial charge is 0.386 e. The van der Waals surface area contributed by atoms with Gasteiger partial charge in [-0.05, 0) is 28.4 Å². The lowest BCUT2D eigenvalue weighted by Crippen LogP contribution is -2.28. The van der Waals surface area contributed by atoms with Gasteiger partial charge in [-0.2, -0.15) is 5.10 Å². The Labute approximate surface area is 116 Å². The minimum atomic E-state index is -0.622. The summed E-state index contributed by atoms with van der Waals surface area (Å²) < 4.78 is 7.62. The lowest BCUT2D eigenvalue weighted by atomic mass is 9.88. The lowest BCUT2D eigenvalue weighted by Gasteiger charge is -2.26. The fourth-order valence-corrected chi connectivity index (χ4v) is 2.52. The van der Waals surface area contributed by atoms with Crippen LogP contribution in [0.3, 0.4) is 0 Å². The average Bonchev–Trinajstić information content (AvgIpc) is 2.68. The van der Waals surface area contributed by atoms with E-state index >= 15 is 0 Å². The van der Waals surface area contributed by atoms with Gasteiger partial charge >= 0.3 is 0 Å². The van der Waals surface area contributed by atoms with Gasteiger partial charge in [0.1, 0.15) is 6.10 Å². The molecule has 1 aromatic rings. The molecule has 18 heavy (non-hydrogen) atoms.